The van der Waals surface area contributed by atoms with E-state index >= 15 is 0 Å². The smallest absolute Gasteiger partial charge is 0.263 e. The van der Waals surface area contributed by atoms with Crippen molar-refractivity contribution in [3.05, 3.63) is 76.4 Å². The van der Waals surface area contributed by atoms with Gasteiger partial charge in [0.1, 0.15) is 22.3 Å². The van der Waals surface area contributed by atoms with E-state index in [4.69, 9.17) is 23.2 Å². The molecule has 0 unspecified atom stereocenters. The average molecular weight is 415 g/mol. The molecule has 3 rings (SSSR count). The molecule has 0 aliphatic heterocycles. The van der Waals surface area contributed by atoms with E-state index in [1.807, 2.05) is 0 Å². The Morgan fingerprint density at radius 3 is 2.35 bits per heavy atom. The summed E-state index contributed by atoms with van der Waals surface area (Å²) in [6, 6.07) is 10.1. The molecule has 0 fully saturated rings. The minimum atomic E-state index is -4.25. The van der Waals surface area contributed by atoms with Gasteiger partial charge in [0.05, 0.1) is 0 Å². The van der Waals surface area contributed by atoms with Gasteiger partial charge < -0.3 is 0 Å². The highest BCUT2D eigenvalue weighted by molar-refractivity contribution is 7.92. The molecular formula is C17H10Cl2F2N2O2S. The Hall–Kier alpha value is -2.22. The summed E-state index contributed by atoms with van der Waals surface area (Å²) in [5.41, 5.74) is 1.31. The van der Waals surface area contributed by atoms with E-state index in [0.717, 1.165) is 12.1 Å². The Morgan fingerprint density at radius 1 is 0.962 bits per heavy atom. The normalized spacial score (nSPS) is 11.4. The molecule has 1 heterocycles. The Morgan fingerprint density at radius 2 is 1.73 bits per heavy atom. The van der Waals surface area contributed by atoms with Gasteiger partial charge in [-0.3, -0.25) is 4.72 Å². The fraction of sp³-hybridized carbons (Fsp3) is 0. The maximum atomic E-state index is 13.7. The predicted molar refractivity (Wildman–Crippen MR) is 96.9 cm³/mol. The van der Waals surface area contributed by atoms with Crippen molar-refractivity contribution in [3.8, 4) is 11.1 Å². The fourth-order valence-electron chi connectivity index (χ4n) is 2.22. The number of hydrogen-bond acceptors (Lipinski definition) is 3. The summed E-state index contributed by atoms with van der Waals surface area (Å²) in [6.07, 6.45) is 1.41. The Labute approximate surface area is 158 Å². The van der Waals surface area contributed by atoms with Crippen LogP contribution < -0.4 is 4.72 Å². The third kappa shape index (κ3) is 3.95. The summed E-state index contributed by atoms with van der Waals surface area (Å²) in [6.45, 7) is 0. The van der Waals surface area contributed by atoms with Crippen LogP contribution in [0.2, 0.25) is 10.0 Å². The molecule has 3 aromatic rings. The zero-order chi connectivity index (χ0) is 18.9. The number of halogens is 4. The molecular weight excluding hydrogens is 405 g/mol. The van der Waals surface area contributed by atoms with Crippen molar-refractivity contribution in [2.45, 2.75) is 4.90 Å². The van der Waals surface area contributed by atoms with Gasteiger partial charge >= 0.3 is 0 Å². The van der Waals surface area contributed by atoms with Gasteiger partial charge in [-0.1, -0.05) is 29.3 Å². The van der Waals surface area contributed by atoms with E-state index in [2.05, 4.69) is 9.71 Å². The topological polar surface area (TPSA) is 59.1 Å². The molecule has 2 aromatic carbocycles. The number of anilines is 1. The van der Waals surface area contributed by atoms with Crippen LogP contribution in [0.4, 0.5) is 14.6 Å². The number of nitrogens with one attached hydrogen (secondary N) is 1. The number of sulfonamides is 1. The molecule has 134 valence electrons. The summed E-state index contributed by atoms with van der Waals surface area (Å²) in [5.74, 6) is -2.09. The first-order valence-electron chi connectivity index (χ1n) is 7.15. The van der Waals surface area contributed by atoms with Gasteiger partial charge in [-0.25, -0.2) is 22.2 Å². The second-order valence-electron chi connectivity index (χ2n) is 5.24. The summed E-state index contributed by atoms with van der Waals surface area (Å²) in [7, 11) is -4.25. The first-order valence-corrected chi connectivity index (χ1v) is 9.39. The molecule has 4 nitrogen and oxygen atoms in total. The first-order chi connectivity index (χ1) is 12.3. The summed E-state index contributed by atoms with van der Waals surface area (Å²) in [5, 5.41) is 0.901. The second kappa shape index (κ2) is 7.19. The van der Waals surface area contributed by atoms with E-state index in [1.54, 1.807) is 24.3 Å². The summed E-state index contributed by atoms with van der Waals surface area (Å²) >= 11 is 12.0. The number of rotatable bonds is 4. The molecule has 0 aliphatic rings. The highest BCUT2D eigenvalue weighted by atomic mass is 35.5. The average Bonchev–Trinajstić information content (AvgIpc) is 2.55. The molecule has 9 heteroatoms. The van der Waals surface area contributed by atoms with Gasteiger partial charge in [-0.05, 0) is 36.4 Å². The second-order valence-corrected chi connectivity index (χ2v) is 7.73. The first kappa shape index (κ1) is 18.6. The Kier molecular flexibility index (Phi) is 5.13. The standard InChI is InChI=1S/C17H10Cl2F2N2O2S/c18-11-2-4-13(14(19)7-11)10-1-6-17(22-9-10)23-26(24,25)16-5-3-12(20)8-15(16)21/h1-9H,(H,22,23). The summed E-state index contributed by atoms with van der Waals surface area (Å²) < 4.78 is 53.2. The van der Waals surface area contributed by atoms with E-state index in [9.17, 15) is 17.2 Å². The predicted octanol–water partition coefficient (Wildman–Crippen LogP) is 5.13. The van der Waals surface area contributed by atoms with Gasteiger partial charge in [0.15, 0.2) is 0 Å². The SMILES string of the molecule is O=S(=O)(Nc1ccc(-c2ccc(Cl)cc2Cl)cn1)c1ccc(F)cc1F. The van der Waals surface area contributed by atoms with Crippen LogP contribution in [-0.4, -0.2) is 13.4 Å². The minimum absolute atomic E-state index is 0.0254. The molecule has 0 spiro atoms. The zero-order valence-corrected chi connectivity index (χ0v) is 15.2. The van der Waals surface area contributed by atoms with Crippen molar-refractivity contribution in [1.29, 1.82) is 0 Å². The lowest BCUT2D eigenvalue weighted by atomic mass is 10.1. The van der Waals surface area contributed by atoms with Crippen LogP contribution in [0.15, 0.2) is 59.6 Å². The van der Waals surface area contributed by atoms with Gasteiger partial charge in [0.2, 0.25) is 0 Å². The van der Waals surface area contributed by atoms with Crippen LogP contribution in [0.3, 0.4) is 0 Å². The lowest BCUT2D eigenvalue weighted by Gasteiger charge is -2.09. The van der Waals surface area contributed by atoms with Crippen LogP contribution in [0.1, 0.15) is 0 Å². The molecule has 0 atom stereocenters. The molecule has 0 radical (unpaired) electrons. The van der Waals surface area contributed by atoms with Gasteiger partial charge in [0.25, 0.3) is 10.0 Å². The zero-order valence-electron chi connectivity index (χ0n) is 12.9. The fourth-order valence-corrected chi connectivity index (χ4v) is 3.81. The number of hydrogen-bond donors (Lipinski definition) is 1. The van der Waals surface area contributed by atoms with Crippen molar-refractivity contribution in [1.82, 2.24) is 4.98 Å². The lowest BCUT2D eigenvalue weighted by molar-refractivity contribution is 0.551. The third-order valence-electron chi connectivity index (χ3n) is 3.43. The monoisotopic (exact) mass is 414 g/mol. The maximum absolute atomic E-state index is 13.7. The van der Waals surface area contributed by atoms with Crippen LogP contribution in [0, 0.1) is 11.6 Å². The van der Waals surface area contributed by atoms with Crippen molar-refractivity contribution in [2.75, 3.05) is 4.72 Å². The number of nitrogens with zero attached hydrogens (tertiary/aromatic N) is 1. The lowest BCUT2D eigenvalue weighted by Crippen LogP contribution is -2.15. The van der Waals surface area contributed by atoms with Crippen molar-refractivity contribution in [3.63, 3.8) is 0 Å². The molecule has 26 heavy (non-hydrogen) atoms. The Balaban J connectivity index is 1.87. The van der Waals surface area contributed by atoms with Crippen molar-refractivity contribution in [2.24, 2.45) is 0 Å². The van der Waals surface area contributed by atoms with Crippen LogP contribution in [0.5, 0.6) is 0 Å². The number of pyridine rings is 1. The van der Waals surface area contributed by atoms with Gasteiger partial charge in [0, 0.05) is 33.4 Å². The van der Waals surface area contributed by atoms with E-state index in [-0.39, 0.29) is 5.82 Å². The molecule has 1 aromatic heterocycles. The van der Waals surface area contributed by atoms with Crippen LogP contribution in [0.25, 0.3) is 11.1 Å². The highest BCUT2D eigenvalue weighted by Gasteiger charge is 2.20. The molecule has 0 bridgehead atoms. The van der Waals surface area contributed by atoms with E-state index in [0.29, 0.717) is 27.2 Å². The van der Waals surface area contributed by atoms with Crippen LogP contribution in [-0.2, 0) is 10.0 Å². The quantitative estimate of drug-likeness (QED) is 0.643. The Bertz CT molecular complexity index is 1070. The molecule has 0 saturated heterocycles. The highest BCUT2D eigenvalue weighted by Crippen LogP contribution is 2.30. The van der Waals surface area contributed by atoms with E-state index in [1.165, 1.54) is 12.3 Å². The van der Waals surface area contributed by atoms with Crippen LogP contribution >= 0.6 is 23.2 Å². The van der Waals surface area contributed by atoms with E-state index < -0.39 is 26.6 Å². The van der Waals surface area contributed by atoms with Gasteiger partial charge in [-0.2, -0.15) is 0 Å². The number of aromatic nitrogens is 1. The summed E-state index contributed by atoms with van der Waals surface area (Å²) in [4.78, 5) is 3.32. The molecule has 1 N–H and O–H groups in total. The maximum Gasteiger partial charge on any atom is 0.265 e. The minimum Gasteiger partial charge on any atom is -0.263 e. The third-order valence-corrected chi connectivity index (χ3v) is 5.36. The molecule has 0 aliphatic carbocycles. The largest absolute Gasteiger partial charge is 0.265 e. The van der Waals surface area contributed by atoms with Crippen molar-refractivity contribution >= 4 is 39.0 Å². The van der Waals surface area contributed by atoms with Gasteiger partial charge in [-0.15, -0.1) is 0 Å². The number of benzene rings is 2. The van der Waals surface area contributed by atoms with Crippen molar-refractivity contribution < 1.29 is 17.2 Å². The molecule has 0 saturated carbocycles. The molecule has 0 amide bonds.